The Kier molecular flexibility index (Phi) is 6.33. The lowest BCUT2D eigenvalue weighted by molar-refractivity contribution is 0.141. The second-order valence-corrected chi connectivity index (χ2v) is 6.77. The Bertz CT molecular complexity index is 403. The van der Waals surface area contributed by atoms with Crippen molar-refractivity contribution in [1.29, 1.82) is 0 Å². The van der Waals surface area contributed by atoms with Gasteiger partial charge < -0.3 is 9.64 Å². The SMILES string of the molecule is CN(C)CC1CCN(CCOc2cccc(Br)c2)CC1. The first-order valence-electron chi connectivity index (χ1n) is 7.39. The summed E-state index contributed by atoms with van der Waals surface area (Å²) in [5.74, 6) is 1.81. The third-order valence-electron chi connectivity index (χ3n) is 3.80. The maximum absolute atomic E-state index is 5.80. The molecule has 0 saturated carbocycles. The molecule has 20 heavy (non-hydrogen) atoms. The van der Waals surface area contributed by atoms with Crippen molar-refractivity contribution in [2.24, 2.45) is 5.92 Å². The Labute approximate surface area is 131 Å². The number of nitrogens with zero attached hydrogens (tertiary/aromatic N) is 2. The van der Waals surface area contributed by atoms with Gasteiger partial charge in [-0.3, -0.25) is 4.90 Å². The fourth-order valence-corrected chi connectivity index (χ4v) is 3.14. The Morgan fingerprint density at radius 2 is 2.05 bits per heavy atom. The van der Waals surface area contributed by atoms with Gasteiger partial charge in [-0.1, -0.05) is 22.0 Å². The molecule has 2 rings (SSSR count). The van der Waals surface area contributed by atoms with Crippen molar-refractivity contribution in [1.82, 2.24) is 9.80 Å². The molecule has 0 bridgehead atoms. The highest BCUT2D eigenvalue weighted by molar-refractivity contribution is 9.10. The number of hydrogen-bond donors (Lipinski definition) is 0. The van der Waals surface area contributed by atoms with E-state index in [1.807, 2.05) is 24.3 Å². The molecule has 3 nitrogen and oxygen atoms in total. The standard InChI is InChI=1S/C16H25BrN2O/c1-18(2)13-14-6-8-19(9-7-14)10-11-20-16-5-3-4-15(17)12-16/h3-5,12,14H,6-11,13H2,1-2H3. The van der Waals surface area contributed by atoms with Gasteiger partial charge in [-0.05, 0) is 64.1 Å². The summed E-state index contributed by atoms with van der Waals surface area (Å²) in [5.41, 5.74) is 0. The van der Waals surface area contributed by atoms with E-state index in [0.29, 0.717) is 0 Å². The van der Waals surface area contributed by atoms with E-state index in [0.717, 1.165) is 29.3 Å². The maximum Gasteiger partial charge on any atom is 0.120 e. The average molecular weight is 341 g/mol. The van der Waals surface area contributed by atoms with Crippen LogP contribution in [0, 0.1) is 5.92 Å². The zero-order chi connectivity index (χ0) is 14.4. The van der Waals surface area contributed by atoms with Crippen LogP contribution in [0.4, 0.5) is 0 Å². The molecule has 0 aliphatic carbocycles. The molecule has 1 saturated heterocycles. The molecule has 1 fully saturated rings. The van der Waals surface area contributed by atoms with Crippen molar-refractivity contribution in [2.75, 3.05) is 46.9 Å². The summed E-state index contributed by atoms with van der Waals surface area (Å²) < 4.78 is 6.87. The van der Waals surface area contributed by atoms with E-state index in [1.54, 1.807) is 0 Å². The smallest absolute Gasteiger partial charge is 0.120 e. The van der Waals surface area contributed by atoms with Gasteiger partial charge in [0.15, 0.2) is 0 Å². The van der Waals surface area contributed by atoms with Crippen molar-refractivity contribution < 1.29 is 4.74 Å². The average Bonchev–Trinajstić information content (AvgIpc) is 2.40. The first-order chi connectivity index (χ1) is 9.63. The number of likely N-dealkylation sites (tertiary alicyclic amines) is 1. The molecular formula is C16H25BrN2O. The zero-order valence-electron chi connectivity index (χ0n) is 12.5. The minimum Gasteiger partial charge on any atom is -0.492 e. The highest BCUT2D eigenvalue weighted by Crippen LogP contribution is 2.19. The largest absolute Gasteiger partial charge is 0.492 e. The summed E-state index contributed by atoms with van der Waals surface area (Å²) >= 11 is 3.46. The fraction of sp³-hybridized carbons (Fsp3) is 0.625. The van der Waals surface area contributed by atoms with Gasteiger partial charge in [0, 0.05) is 17.6 Å². The van der Waals surface area contributed by atoms with Crippen LogP contribution in [0.5, 0.6) is 5.75 Å². The molecule has 0 unspecified atom stereocenters. The molecule has 112 valence electrons. The van der Waals surface area contributed by atoms with Crippen molar-refractivity contribution >= 4 is 15.9 Å². The molecule has 4 heteroatoms. The summed E-state index contributed by atoms with van der Waals surface area (Å²) in [5, 5.41) is 0. The molecule has 0 radical (unpaired) electrons. The lowest BCUT2D eigenvalue weighted by Gasteiger charge is -2.33. The Morgan fingerprint density at radius 1 is 1.30 bits per heavy atom. The number of piperidine rings is 1. The highest BCUT2D eigenvalue weighted by atomic mass is 79.9. The lowest BCUT2D eigenvalue weighted by Crippen LogP contribution is -2.39. The van der Waals surface area contributed by atoms with Gasteiger partial charge in [0.2, 0.25) is 0 Å². The quantitative estimate of drug-likeness (QED) is 0.791. The molecular weight excluding hydrogens is 316 g/mol. The van der Waals surface area contributed by atoms with Crippen LogP contribution in [0.25, 0.3) is 0 Å². The van der Waals surface area contributed by atoms with E-state index in [2.05, 4.69) is 39.8 Å². The van der Waals surface area contributed by atoms with Gasteiger partial charge in [-0.2, -0.15) is 0 Å². The molecule has 0 spiro atoms. The van der Waals surface area contributed by atoms with Crippen LogP contribution in [0.2, 0.25) is 0 Å². The number of hydrogen-bond acceptors (Lipinski definition) is 3. The molecule has 0 N–H and O–H groups in total. The highest BCUT2D eigenvalue weighted by Gasteiger charge is 2.19. The van der Waals surface area contributed by atoms with Crippen LogP contribution in [0.15, 0.2) is 28.7 Å². The summed E-state index contributed by atoms with van der Waals surface area (Å²) in [6.45, 7) is 5.44. The molecule has 1 aromatic carbocycles. The predicted octanol–water partition coefficient (Wildman–Crippen LogP) is 3.10. The number of benzene rings is 1. The number of halogens is 1. The molecule has 1 heterocycles. The zero-order valence-corrected chi connectivity index (χ0v) is 14.1. The molecule has 1 aliphatic heterocycles. The molecule has 0 aromatic heterocycles. The van der Waals surface area contributed by atoms with Crippen LogP contribution >= 0.6 is 15.9 Å². The Morgan fingerprint density at radius 3 is 2.70 bits per heavy atom. The van der Waals surface area contributed by atoms with Gasteiger partial charge in [-0.25, -0.2) is 0 Å². The second-order valence-electron chi connectivity index (χ2n) is 5.85. The summed E-state index contributed by atoms with van der Waals surface area (Å²) in [6, 6.07) is 8.05. The Balaban J connectivity index is 1.64. The van der Waals surface area contributed by atoms with Gasteiger partial charge in [0.25, 0.3) is 0 Å². The van der Waals surface area contributed by atoms with Gasteiger partial charge in [-0.15, -0.1) is 0 Å². The summed E-state index contributed by atoms with van der Waals surface area (Å²) in [4.78, 5) is 4.82. The van der Waals surface area contributed by atoms with E-state index >= 15 is 0 Å². The van der Waals surface area contributed by atoms with Crippen molar-refractivity contribution in [3.8, 4) is 5.75 Å². The summed E-state index contributed by atoms with van der Waals surface area (Å²) in [6.07, 6.45) is 2.63. The van der Waals surface area contributed by atoms with Gasteiger partial charge >= 0.3 is 0 Å². The molecule has 0 atom stereocenters. The van der Waals surface area contributed by atoms with E-state index in [1.165, 1.54) is 32.5 Å². The first-order valence-corrected chi connectivity index (χ1v) is 8.18. The van der Waals surface area contributed by atoms with E-state index < -0.39 is 0 Å². The monoisotopic (exact) mass is 340 g/mol. The summed E-state index contributed by atoms with van der Waals surface area (Å²) in [7, 11) is 4.33. The van der Waals surface area contributed by atoms with Gasteiger partial charge in [0.1, 0.15) is 12.4 Å². The fourth-order valence-electron chi connectivity index (χ4n) is 2.76. The minimum atomic E-state index is 0.773. The molecule has 1 aromatic rings. The molecule has 1 aliphatic rings. The van der Waals surface area contributed by atoms with Crippen LogP contribution in [0.1, 0.15) is 12.8 Å². The van der Waals surface area contributed by atoms with E-state index in [-0.39, 0.29) is 0 Å². The third kappa shape index (κ3) is 5.43. The normalized spacial score (nSPS) is 17.6. The van der Waals surface area contributed by atoms with Crippen LogP contribution < -0.4 is 4.74 Å². The minimum absolute atomic E-state index is 0.773. The first kappa shape index (κ1) is 15.8. The topological polar surface area (TPSA) is 15.7 Å². The van der Waals surface area contributed by atoms with E-state index in [9.17, 15) is 0 Å². The number of ether oxygens (including phenoxy) is 1. The van der Waals surface area contributed by atoms with Crippen molar-refractivity contribution in [2.45, 2.75) is 12.8 Å². The van der Waals surface area contributed by atoms with Gasteiger partial charge in [0.05, 0.1) is 0 Å². The van der Waals surface area contributed by atoms with Crippen molar-refractivity contribution in [3.63, 3.8) is 0 Å². The molecule has 0 amide bonds. The second kappa shape index (κ2) is 8.01. The lowest BCUT2D eigenvalue weighted by atomic mass is 9.96. The van der Waals surface area contributed by atoms with E-state index in [4.69, 9.17) is 4.74 Å². The third-order valence-corrected chi connectivity index (χ3v) is 4.30. The van der Waals surface area contributed by atoms with Crippen LogP contribution in [0.3, 0.4) is 0 Å². The predicted molar refractivity (Wildman–Crippen MR) is 87.4 cm³/mol. The number of rotatable bonds is 6. The Hall–Kier alpha value is -0.580. The maximum atomic E-state index is 5.80. The van der Waals surface area contributed by atoms with Crippen molar-refractivity contribution in [3.05, 3.63) is 28.7 Å². The van der Waals surface area contributed by atoms with Crippen LogP contribution in [-0.2, 0) is 0 Å². The van der Waals surface area contributed by atoms with Crippen LogP contribution in [-0.4, -0.2) is 56.7 Å².